The Morgan fingerprint density at radius 2 is 2.03 bits per heavy atom. The molecule has 3 atom stereocenters. The number of carboxylic acid groups (broad SMARTS) is 1. The van der Waals surface area contributed by atoms with Crippen molar-refractivity contribution in [2.24, 2.45) is 5.41 Å². The summed E-state index contributed by atoms with van der Waals surface area (Å²) in [5.74, 6) is -2.00. The molecule has 2 aromatic heterocycles. The number of nitrogens with one attached hydrogen (secondary N) is 1. The van der Waals surface area contributed by atoms with Gasteiger partial charge in [0.1, 0.15) is 11.6 Å². The predicted octanol–water partition coefficient (Wildman–Crippen LogP) is 5.11. The van der Waals surface area contributed by atoms with Crippen LogP contribution in [0.25, 0.3) is 5.52 Å². The van der Waals surface area contributed by atoms with Crippen LogP contribution < -0.4 is 10.2 Å². The molecule has 9 heteroatoms. The minimum atomic E-state index is -0.806. The van der Waals surface area contributed by atoms with Crippen LogP contribution in [0.2, 0.25) is 0 Å². The molecule has 1 aliphatic carbocycles. The summed E-state index contributed by atoms with van der Waals surface area (Å²) in [6.45, 7) is 2.56. The molecule has 1 saturated carbocycles. The van der Waals surface area contributed by atoms with Crippen LogP contribution in [0.3, 0.4) is 0 Å². The van der Waals surface area contributed by atoms with Crippen LogP contribution in [0.4, 0.5) is 14.5 Å². The SMILES string of the molecule is CCC1(C(=O)O)CCCC(NC(=O)c2cnn3ccc(N4CCCC4c4cc(F)ccc4F)cc23)C1. The lowest BCUT2D eigenvalue weighted by Gasteiger charge is -2.37. The van der Waals surface area contributed by atoms with E-state index in [1.165, 1.54) is 12.3 Å². The van der Waals surface area contributed by atoms with Gasteiger partial charge in [0.15, 0.2) is 0 Å². The summed E-state index contributed by atoms with van der Waals surface area (Å²) in [5, 5.41) is 17.1. The smallest absolute Gasteiger partial charge is 0.309 e. The van der Waals surface area contributed by atoms with Crippen molar-refractivity contribution in [3.63, 3.8) is 0 Å². The lowest BCUT2D eigenvalue weighted by molar-refractivity contribution is -0.151. The third-order valence-electron chi connectivity index (χ3n) is 7.96. The number of halogens is 2. The quantitative estimate of drug-likeness (QED) is 0.496. The van der Waals surface area contributed by atoms with Crippen LogP contribution in [-0.2, 0) is 4.79 Å². The van der Waals surface area contributed by atoms with E-state index in [-0.39, 0.29) is 18.0 Å². The van der Waals surface area contributed by atoms with Crippen LogP contribution in [0.15, 0.2) is 42.7 Å². The molecule has 1 saturated heterocycles. The highest BCUT2D eigenvalue weighted by Crippen LogP contribution is 2.40. The Morgan fingerprint density at radius 1 is 1.19 bits per heavy atom. The van der Waals surface area contributed by atoms with Gasteiger partial charge in [-0.05, 0) is 68.9 Å². The Kier molecular flexibility index (Phi) is 6.40. The lowest BCUT2D eigenvalue weighted by Crippen LogP contribution is -2.45. The predicted molar refractivity (Wildman–Crippen MR) is 131 cm³/mol. The first kappa shape index (κ1) is 24.2. The number of hydrogen-bond acceptors (Lipinski definition) is 4. The van der Waals surface area contributed by atoms with Crippen molar-refractivity contribution in [1.82, 2.24) is 14.9 Å². The van der Waals surface area contributed by atoms with Crippen molar-refractivity contribution in [2.75, 3.05) is 11.4 Å². The molecule has 190 valence electrons. The van der Waals surface area contributed by atoms with E-state index in [0.29, 0.717) is 48.9 Å². The van der Waals surface area contributed by atoms with E-state index < -0.39 is 23.0 Å². The van der Waals surface area contributed by atoms with E-state index in [2.05, 4.69) is 10.4 Å². The van der Waals surface area contributed by atoms with Crippen molar-refractivity contribution in [1.29, 1.82) is 0 Å². The van der Waals surface area contributed by atoms with Crippen molar-refractivity contribution in [2.45, 2.75) is 64.0 Å². The maximum atomic E-state index is 14.5. The number of carbonyl (C=O) groups is 2. The highest BCUT2D eigenvalue weighted by molar-refractivity contribution is 6.01. The molecule has 7 nitrogen and oxygen atoms in total. The minimum absolute atomic E-state index is 0.223. The summed E-state index contributed by atoms with van der Waals surface area (Å²) in [4.78, 5) is 27.2. The van der Waals surface area contributed by atoms with Crippen LogP contribution in [0, 0.1) is 17.0 Å². The fourth-order valence-corrected chi connectivity index (χ4v) is 5.91. The van der Waals surface area contributed by atoms with Crippen molar-refractivity contribution >= 4 is 23.1 Å². The highest BCUT2D eigenvalue weighted by Gasteiger charge is 2.42. The molecule has 1 aromatic carbocycles. The number of aliphatic carboxylic acids is 1. The number of fused-ring (bicyclic) bond motifs is 1. The maximum Gasteiger partial charge on any atom is 0.309 e. The zero-order chi connectivity index (χ0) is 25.4. The Balaban J connectivity index is 1.40. The molecule has 36 heavy (non-hydrogen) atoms. The van der Waals surface area contributed by atoms with E-state index in [1.807, 2.05) is 24.0 Å². The normalized spacial score (nSPS) is 24.2. The molecule has 0 spiro atoms. The average molecular weight is 497 g/mol. The minimum Gasteiger partial charge on any atom is -0.481 e. The molecular weight excluding hydrogens is 466 g/mol. The second-order valence-electron chi connectivity index (χ2n) is 10.00. The number of amides is 1. The number of anilines is 1. The van der Waals surface area contributed by atoms with Crippen molar-refractivity contribution in [3.05, 3.63) is 65.5 Å². The van der Waals surface area contributed by atoms with Crippen molar-refractivity contribution in [3.8, 4) is 0 Å². The molecule has 2 aliphatic rings. The van der Waals surface area contributed by atoms with E-state index in [9.17, 15) is 23.5 Å². The molecule has 0 radical (unpaired) electrons. The van der Waals surface area contributed by atoms with Gasteiger partial charge in [0, 0.05) is 30.0 Å². The number of nitrogens with zero attached hydrogens (tertiary/aromatic N) is 3. The molecule has 3 aromatic rings. The summed E-state index contributed by atoms with van der Waals surface area (Å²) < 4.78 is 30.0. The third kappa shape index (κ3) is 4.31. The number of aromatic nitrogens is 2. The van der Waals surface area contributed by atoms with E-state index in [0.717, 1.165) is 37.1 Å². The van der Waals surface area contributed by atoms with Gasteiger partial charge in [0.05, 0.1) is 28.7 Å². The Morgan fingerprint density at radius 3 is 2.81 bits per heavy atom. The molecule has 0 bridgehead atoms. The Hall–Kier alpha value is -3.49. The zero-order valence-corrected chi connectivity index (χ0v) is 20.2. The number of carboxylic acids is 1. The largest absolute Gasteiger partial charge is 0.481 e. The number of carbonyl (C=O) groups excluding carboxylic acids is 1. The molecule has 2 N–H and O–H groups in total. The first-order chi connectivity index (χ1) is 17.3. The molecule has 1 amide bonds. The molecule has 2 fully saturated rings. The lowest BCUT2D eigenvalue weighted by atomic mass is 9.70. The van der Waals surface area contributed by atoms with Gasteiger partial charge in [-0.25, -0.2) is 13.3 Å². The zero-order valence-electron chi connectivity index (χ0n) is 20.2. The van der Waals surface area contributed by atoms with Gasteiger partial charge < -0.3 is 15.3 Å². The Bertz CT molecular complexity index is 1310. The monoisotopic (exact) mass is 496 g/mol. The fourth-order valence-electron chi connectivity index (χ4n) is 5.91. The number of benzene rings is 1. The number of rotatable bonds is 6. The average Bonchev–Trinajstić information content (AvgIpc) is 3.52. The van der Waals surface area contributed by atoms with Crippen molar-refractivity contribution < 1.29 is 23.5 Å². The van der Waals surface area contributed by atoms with Crippen LogP contribution in [0.1, 0.15) is 73.8 Å². The van der Waals surface area contributed by atoms with Gasteiger partial charge in [0.2, 0.25) is 0 Å². The van der Waals surface area contributed by atoms with Gasteiger partial charge in [-0.3, -0.25) is 9.59 Å². The van der Waals surface area contributed by atoms with E-state index in [4.69, 9.17) is 0 Å². The van der Waals surface area contributed by atoms with Gasteiger partial charge in [-0.2, -0.15) is 5.10 Å². The van der Waals surface area contributed by atoms with E-state index >= 15 is 0 Å². The summed E-state index contributed by atoms with van der Waals surface area (Å²) in [5.41, 5.74) is 1.32. The topological polar surface area (TPSA) is 86.9 Å². The van der Waals surface area contributed by atoms with Gasteiger partial charge in [-0.1, -0.05) is 13.3 Å². The van der Waals surface area contributed by atoms with Gasteiger partial charge in [-0.15, -0.1) is 0 Å². The van der Waals surface area contributed by atoms with Crippen LogP contribution >= 0.6 is 0 Å². The third-order valence-corrected chi connectivity index (χ3v) is 7.96. The molecule has 3 unspecified atom stereocenters. The Labute approximate surface area is 208 Å². The summed E-state index contributed by atoms with van der Waals surface area (Å²) in [6.07, 6.45) is 7.83. The number of pyridine rings is 1. The standard InChI is InChI=1S/C27H30F2N4O3/c1-2-27(26(35)36)10-3-5-18(15-27)31-25(34)21-16-30-33-12-9-19(14-24(21)33)32-11-4-6-23(32)20-13-17(28)7-8-22(20)29/h7-9,12-14,16,18,23H,2-6,10-11,15H2,1H3,(H,31,34)(H,35,36). The van der Waals surface area contributed by atoms with Crippen LogP contribution in [0.5, 0.6) is 0 Å². The van der Waals surface area contributed by atoms with Gasteiger partial charge in [0.25, 0.3) is 5.91 Å². The first-order valence-corrected chi connectivity index (χ1v) is 12.5. The molecule has 5 rings (SSSR count). The van der Waals surface area contributed by atoms with Gasteiger partial charge >= 0.3 is 5.97 Å². The second kappa shape index (κ2) is 9.52. The fraction of sp³-hybridized carbons (Fsp3) is 0.444. The van der Waals surface area contributed by atoms with E-state index in [1.54, 1.807) is 10.7 Å². The molecule has 3 heterocycles. The summed E-state index contributed by atoms with van der Waals surface area (Å²) >= 11 is 0. The highest BCUT2D eigenvalue weighted by atomic mass is 19.1. The summed E-state index contributed by atoms with van der Waals surface area (Å²) in [6, 6.07) is 6.73. The molecular formula is C27H30F2N4O3. The summed E-state index contributed by atoms with van der Waals surface area (Å²) in [7, 11) is 0. The van der Waals surface area contributed by atoms with Crippen LogP contribution in [-0.4, -0.2) is 39.2 Å². The second-order valence-corrected chi connectivity index (χ2v) is 10.00. The number of hydrogen-bond donors (Lipinski definition) is 2. The maximum absolute atomic E-state index is 14.5. The first-order valence-electron chi connectivity index (χ1n) is 12.5. The molecule has 1 aliphatic heterocycles.